The highest BCUT2D eigenvalue weighted by molar-refractivity contribution is 7.13. The first-order valence-electron chi connectivity index (χ1n) is 11.3. The smallest absolute Gasteiger partial charge is 0.268 e. The topological polar surface area (TPSA) is 124 Å². The van der Waals surface area contributed by atoms with Crippen molar-refractivity contribution in [2.45, 2.75) is 45.4 Å². The van der Waals surface area contributed by atoms with E-state index < -0.39 is 11.9 Å². The van der Waals surface area contributed by atoms with Crippen LogP contribution in [0.3, 0.4) is 0 Å². The second-order valence-electron chi connectivity index (χ2n) is 9.36. The standard InChI is InChI=1S/C25H23ClFN7O2S/c1-13(8-18(35)17-10-16(30-12-31-17)14-6-5-7-28-22(14)27)24-29-11-19(37-24)23(36)32-20-9-15(25(2,3)4)21(26)34-33-20/h5-7,9-13H,8H2,1-4H3,(H,32,33,36). The highest BCUT2D eigenvalue weighted by Crippen LogP contribution is 2.30. The molecule has 4 aromatic heterocycles. The fourth-order valence-electron chi connectivity index (χ4n) is 3.47. The Morgan fingerprint density at radius 2 is 1.92 bits per heavy atom. The van der Waals surface area contributed by atoms with Gasteiger partial charge in [-0.2, -0.15) is 4.39 Å². The van der Waals surface area contributed by atoms with Crippen LogP contribution in [-0.2, 0) is 5.41 Å². The van der Waals surface area contributed by atoms with Gasteiger partial charge in [0.05, 0.1) is 22.5 Å². The molecule has 0 bridgehead atoms. The van der Waals surface area contributed by atoms with E-state index in [1.165, 1.54) is 42.2 Å². The number of halogens is 2. The van der Waals surface area contributed by atoms with Crippen LogP contribution in [0.4, 0.5) is 10.2 Å². The van der Waals surface area contributed by atoms with Crippen molar-refractivity contribution in [1.29, 1.82) is 0 Å². The number of rotatable bonds is 7. The predicted molar refractivity (Wildman–Crippen MR) is 138 cm³/mol. The Bertz CT molecular complexity index is 1470. The fraction of sp³-hybridized carbons (Fsp3) is 0.280. The molecule has 190 valence electrons. The predicted octanol–water partition coefficient (Wildman–Crippen LogP) is 5.50. The van der Waals surface area contributed by atoms with Crippen molar-refractivity contribution >= 4 is 40.4 Å². The number of carbonyl (C=O) groups excluding carboxylic acids is 2. The largest absolute Gasteiger partial charge is 0.304 e. The molecule has 0 saturated carbocycles. The van der Waals surface area contributed by atoms with Crippen LogP contribution in [0.2, 0.25) is 5.15 Å². The van der Waals surface area contributed by atoms with Crippen molar-refractivity contribution < 1.29 is 14.0 Å². The number of amides is 1. The Kier molecular flexibility index (Phi) is 7.65. The van der Waals surface area contributed by atoms with Gasteiger partial charge in [0.1, 0.15) is 16.9 Å². The summed E-state index contributed by atoms with van der Waals surface area (Å²) in [5.41, 5.74) is 1.09. The van der Waals surface area contributed by atoms with Crippen molar-refractivity contribution in [2.24, 2.45) is 0 Å². The summed E-state index contributed by atoms with van der Waals surface area (Å²) in [4.78, 5) is 42.1. The lowest BCUT2D eigenvalue weighted by Gasteiger charge is -2.20. The Balaban J connectivity index is 1.44. The van der Waals surface area contributed by atoms with E-state index in [1.54, 1.807) is 12.1 Å². The number of pyridine rings is 1. The molecule has 0 aliphatic carbocycles. The third kappa shape index (κ3) is 6.17. The van der Waals surface area contributed by atoms with Crippen molar-refractivity contribution in [3.05, 3.63) is 75.2 Å². The number of thiazole rings is 1. The monoisotopic (exact) mass is 539 g/mol. The second kappa shape index (κ2) is 10.7. The van der Waals surface area contributed by atoms with E-state index in [1.807, 2.05) is 27.7 Å². The number of ketones is 1. The molecule has 1 atom stereocenters. The van der Waals surface area contributed by atoms with Gasteiger partial charge in [0.25, 0.3) is 5.91 Å². The zero-order chi connectivity index (χ0) is 26.7. The lowest BCUT2D eigenvalue weighted by Crippen LogP contribution is -2.17. The average molecular weight is 540 g/mol. The molecule has 0 aromatic carbocycles. The van der Waals surface area contributed by atoms with Gasteiger partial charge in [-0.1, -0.05) is 39.3 Å². The lowest BCUT2D eigenvalue weighted by molar-refractivity contribution is 0.0969. The minimum atomic E-state index is -0.680. The third-order valence-electron chi connectivity index (χ3n) is 5.45. The van der Waals surface area contributed by atoms with E-state index in [-0.39, 0.29) is 51.5 Å². The van der Waals surface area contributed by atoms with Gasteiger partial charge in [0.15, 0.2) is 16.8 Å². The highest BCUT2D eigenvalue weighted by atomic mass is 35.5. The molecular formula is C25H23ClFN7O2S. The van der Waals surface area contributed by atoms with Crippen LogP contribution >= 0.6 is 22.9 Å². The Morgan fingerprint density at radius 1 is 1.14 bits per heavy atom. The molecule has 0 aliphatic heterocycles. The molecule has 1 amide bonds. The first-order chi connectivity index (χ1) is 17.5. The fourth-order valence-corrected chi connectivity index (χ4v) is 4.71. The number of hydrogen-bond donors (Lipinski definition) is 1. The van der Waals surface area contributed by atoms with Crippen molar-refractivity contribution in [3.63, 3.8) is 0 Å². The molecule has 37 heavy (non-hydrogen) atoms. The summed E-state index contributed by atoms with van der Waals surface area (Å²) < 4.78 is 14.0. The number of hydrogen-bond acceptors (Lipinski definition) is 9. The quantitative estimate of drug-likeness (QED) is 0.241. The van der Waals surface area contributed by atoms with E-state index in [0.29, 0.717) is 9.88 Å². The first kappa shape index (κ1) is 26.4. The van der Waals surface area contributed by atoms with Gasteiger partial charge in [-0.3, -0.25) is 9.59 Å². The van der Waals surface area contributed by atoms with E-state index in [2.05, 4.69) is 35.5 Å². The molecular weight excluding hydrogens is 517 g/mol. The molecule has 0 spiro atoms. The maximum absolute atomic E-state index is 14.0. The number of carbonyl (C=O) groups is 2. The summed E-state index contributed by atoms with van der Waals surface area (Å²) in [7, 11) is 0. The van der Waals surface area contributed by atoms with Crippen LogP contribution in [0.1, 0.15) is 70.8 Å². The van der Waals surface area contributed by atoms with Gasteiger partial charge in [0.2, 0.25) is 5.95 Å². The normalized spacial score (nSPS) is 12.3. The molecule has 1 unspecified atom stereocenters. The van der Waals surface area contributed by atoms with Crippen LogP contribution < -0.4 is 5.32 Å². The molecule has 9 nitrogen and oxygen atoms in total. The van der Waals surface area contributed by atoms with Gasteiger partial charge >= 0.3 is 0 Å². The number of Topliss-reactive ketones (excluding diaryl/α,β-unsaturated/α-hetero) is 1. The zero-order valence-corrected chi connectivity index (χ0v) is 22.1. The van der Waals surface area contributed by atoms with Gasteiger partial charge in [-0.05, 0) is 29.7 Å². The third-order valence-corrected chi connectivity index (χ3v) is 6.95. The van der Waals surface area contributed by atoms with E-state index in [9.17, 15) is 14.0 Å². The van der Waals surface area contributed by atoms with Crippen molar-refractivity contribution in [1.82, 2.24) is 30.1 Å². The van der Waals surface area contributed by atoms with Gasteiger partial charge in [-0.25, -0.2) is 19.9 Å². The number of aromatic nitrogens is 6. The van der Waals surface area contributed by atoms with E-state index >= 15 is 0 Å². The molecule has 4 heterocycles. The Morgan fingerprint density at radius 3 is 2.65 bits per heavy atom. The maximum Gasteiger partial charge on any atom is 0.268 e. The van der Waals surface area contributed by atoms with Gasteiger partial charge in [-0.15, -0.1) is 21.5 Å². The molecule has 12 heteroatoms. The average Bonchev–Trinajstić information content (AvgIpc) is 3.36. The first-order valence-corrected chi connectivity index (χ1v) is 12.5. The lowest BCUT2D eigenvalue weighted by atomic mass is 9.88. The minimum absolute atomic E-state index is 0.0954. The number of nitrogens with zero attached hydrogens (tertiary/aromatic N) is 6. The van der Waals surface area contributed by atoms with E-state index in [0.717, 1.165) is 5.56 Å². The van der Waals surface area contributed by atoms with Crippen LogP contribution in [0.5, 0.6) is 0 Å². The van der Waals surface area contributed by atoms with Crippen molar-refractivity contribution in [3.8, 4) is 11.3 Å². The van der Waals surface area contributed by atoms with Gasteiger partial charge < -0.3 is 5.32 Å². The SMILES string of the molecule is CC(CC(=O)c1cc(-c2cccnc2F)ncn1)c1ncc(C(=O)Nc2cc(C(C)(C)C)c(Cl)nn2)s1. The summed E-state index contributed by atoms with van der Waals surface area (Å²) in [6, 6.07) is 6.26. The second-order valence-corrected chi connectivity index (χ2v) is 10.8. The molecule has 0 radical (unpaired) electrons. The summed E-state index contributed by atoms with van der Waals surface area (Å²) in [5.74, 6) is -1.33. The highest BCUT2D eigenvalue weighted by Gasteiger charge is 2.22. The minimum Gasteiger partial charge on any atom is -0.304 e. The summed E-state index contributed by atoms with van der Waals surface area (Å²) in [5, 5.41) is 11.5. The molecule has 0 aliphatic rings. The molecule has 4 aromatic rings. The molecule has 1 N–H and O–H groups in total. The van der Waals surface area contributed by atoms with Crippen LogP contribution in [0, 0.1) is 5.95 Å². The maximum atomic E-state index is 14.0. The molecule has 4 rings (SSSR count). The Labute approximate surface area is 221 Å². The van der Waals surface area contributed by atoms with Gasteiger partial charge in [0, 0.05) is 24.1 Å². The van der Waals surface area contributed by atoms with Crippen LogP contribution in [0.25, 0.3) is 11.3 Å². The zero-order valence-electron chi connectivity index (χ0n) is 20.5. The summed E-state index contributed by atoms with van der Waals surface area (Å²) >= 11 is 7.34. The molecule has 0 saturated heterocycles. The Hall–Kier alpha value is -3.70. The molecule has 0 fully saturated rings. The van der Waals surface area contributed by atoms with Crippen LogP contribution in [0.15, 0.2) is 43.0 Å². The summed E-state index contributed by atoms with van der Waals surface area (Å²) in [6.07, 6.45) is 4.11. The van der Waals surface area contributed by atoms with Crippen molar-refractivity contribution in [2.75, 3.05) is 5.32 Å². The number of anilines is 1. The number of nitrogens with one attached hydrogen (secondary N) is 1. The summed E-state index contributed by atoms with van der Waals surface area (Å²) in [6.45, 7) is 7.79. The van der Waals surface area contributed by atoms with E-state index in [4.69, 9.17) is 11.6 Å². The van der Waals surface area contributed by atoms with Crippen LogP contribution in [-0.4, -0.2) is 41.8 Å².